The number of halogens is 2. The van der Waals surface area contributed by atoms with Crippen molar-refractivity contribution >= 4 is 52.3 Å². The van der Waals surface area contributed by atoms with Crippen LogP contribution in [0.1, 0.15) is 27.4 Å². The molecule has 3 aromatic carbocycles. The second-order valence-corrected chi connectivity index (χ2v) is 8.59. The minimum absolute atomic E-state index is 0.0822. The SMILES string of the molecule is O=C(NNc1ncnc(NNC(=O)C(c2ccccc2)c2ccccc2)c1[N+](=O)[O-])c1ccc(Cl)cc1Cl. The molecule has 1 heterocycles. The van der Waals surface area contributed by atoms with Crippen LogP contribution < -0.4 is 21.7 Å². The van der Waals surface area contributed by atoms with E-state index in [0.717, 1.165) is 17.5 Å². The zero-order chi connectivity index (χ0) is 27.1. The maximum Gasteiger partial charge on any atom is 0.356 e. The second kappa shape index (κ2) is 12.0. The van der Waals surface area contributed by atoms with Gasteiger partial charge in [0.1, 0.15) is 6.33 Å². The lowest BCUT2D eigenvalue weighted by Gasteiger charge is -2.18. The standard InChI is InChI=1S/C25H19Cl2N7O4/c26-17-11-12-18(19(27)13-17)24(35)32-30-22-21(34(37)38)23(29-14-28-22)31-33-25(36)20(15-7-3-1-4-8-15)16-9-5-2-6-10-16/h1-14,20H,(H,32,35)(H,33,36)(H2,28,29,30,31). The van der Waals surface area contributed by atoms with Crippen molar-refractivity contribution in [3.63, 3.8) is 0 Å². The van der Waals surface area contributed by atoms with E-state index in [9.17, 15) is 19.7 Å². The Morgan fingerprint density at radius 1 is 0.816 bits per heavy atom. The number of benzene rings is 3. The molecule has 38 heavy (non-hydrogen) atoms. The van der Waals surface area contributed by atoms with Crippen LogP contribution in [-0.2, 0) is 4.79 Å². The van der Waals surface area contributed by atoms with E-state index < -0.39 is 28.3 Å². The van der Waals surface area contributed by atoms with Gasteiger partial charge < -0.3 is 0 Å². The molecule has 0 radical (unpaired) electrons. The van der Waals surface area contributed by atoms with E-state index in [1.807, 2.05) is 60.7 Å². The number of nitrogens with zero attached hydrogens (tertiary/aromatic N) is 3. The van der Waals surface area contributed by atoms with Crippen LogP contribution >= 0.6 is 23.2 Å². The van der Waals surface area contributed by atoms with Crippen molar-refractivity contribution in [1.29, 1.82) is 0 Å². The fraction of sp³-hybridized carbons (Fsp3) is 0.0400. The van der Waals surface area contributed by atoms with Gasteiger partial charge >= 0.3 is 5.69 Å². The van der Waals surface area contributed by atoms with Crippen LogP contribution in [0, 0.1) is 10.1 Å². The first-order valence-electron chi connectivity index (χ1n) is 11.0. The molecular weight excluding hydrogens is 533 g/mol. The summed E-state index contributed by atoms with van der Waals surface area (Å²) in [6, 6.07) is 22.4. The van der Waals surface area contributed by atoms with E-state index in [1.54, 1.807) is 0 Å². The first-order valence-corrected chi connectivity index (χ1v) is 11.8. The maximum absolute atomic E-state index is 13.2. The molecule has 11 nitrogen and oxygen atoms in total. The number of hydrogen-bond donors (Lipinski definition) is 4. The average Bonchev–Trinajstić information content (AvgIpc) is 2.91. The third kappa shape index (κ3) is 6.14. The molecule has 1 aromatic heterocycles. The number of hydrogen-bond acceptors (Lipinski definition) is 8. The van der Waals surface area contributed by atoms with Crippen molar-refractivity contribution in [2.45, 2.75) is 5.92 Å². The predicted molar refractivity (Wildman–Crippen MR) is 143 cm³/mol. The summed E-state index contributed by atoms with van der Waals surface area (Å²) in [5.74, 6) is -2.50. The Hall–Kier alpha value is -4.74. The van der Waals surface area contributed by atoms with Gasteiger partial charge in [-0.25, -0.2) is 9.97 Å². The van der Waals surface area contributed by atoms with Crippen molar-refractivity contribution in [2.75, 3.05) is 10.9 Å². The van der Waals surface area contributed by atoms with E-state index in [2.05, 4.69) is 31.7 Å². The molecule has 0 bridgehead atoms. The first kappa shape index (κ1) is 26.3. The van der Waals surface area contributed by atoms with Crippen molar-refractivity contribution < 1.29 is 14.5 Å². The Bertz CT molecular complexity index is 1430. The molecule has 4 rings (SSSR count). The van der Waals surface area contributed by atoms with Crippen molar-refractivity contribution in [3.05, 3.63) is 122 Å². The lowest BCUT2D eigenvalue weighted by molar-refractivity contribution is -0.383. The van der Waals surface area contributed by atoms with E-state index in [1.165, 1.54) is 18.2 Å². The number of carbonyl (C=O) groups is 2. The van der Waals surface area contributed by atoms with Crippen LogP contribution in [0.15, 0.2) is 85.2 Å². The number of aromatic nitrogens is 2. The fourth-order valence-corrected chi connectivity index (χ4v) is 4.07. The Balaban J connectivity index is 1.53. The number of nitrogens with one attached hydrogen (secondary N) is 4. The van der Waals surface area contributed by atoms with E-state index >= 15 is 0 Å². The fourth-order valence-electron chi connectivity index (χ4n) is 3.57. The van der Waals surface area contributed by atoms with Gasteiger partial charge in [-0.3, -0.25) is 41.4 Å². The smallest absolute Gasteiger partial charge is 0.276 e. The van der Waals surface area contributed by atoms with Gasteiger partial charge in [0, 0.05) is 5.02 Å². The number of nitro groups is 1. The normalized spacial score (nSPS) is 10.5. The minimum atomic E-state index is -0.760. The first-order chi connectivity index (χ1) is 18.3. The maximum atomic E-state index is 13.2. The summed E-state index contributed by atoms with van der Waals surface area (Å²) in [5, 5.41) is 12.3. The molecule has 4 aromatic rings. The number of anilines is 2. The van der Waals surface area contributed by atoms with Gasteiger partial charge in [-0.1, -0.05) is 83.9 Å². The third-order valence-corrected chi connectivity index (χ3v) is 5.85. The van der Waals surface area contributed by atoms with Gasteiger partial charge in [0.2, 0.25) is 17.5 Å². The molecule has 0 fully saturated rings. The molecular formula is C25H19Cl2N7O4. The Kier molecular flexibility index (Phi) is 8.31. The monoisotopic (exact) mass is 551 g/mol. The molecule has 2 amide bonds. The van der Waals surface area contributed by atoms with Crippen molar-refractivity contribution in [2.24, 2.45) is 0 Å². The molecule has 192 valence electrons. The Morgan fingerprint density at radius 3 is 1.89 bits per heavy atom. The largest absolute Gasteiger partial charge is 0.356 e. The summed E-state index contributed by atoms with van der Waals surface area (Å²) in [4.78, 5) is 44.5. The van der Waals surface area contributed by atoms with Crippen molar-refractivity contribution in [1.82, 2.24) is 20.8 Å². The van der Waals surface area contributed by atoms with Crippen LogP contribution in [0.2, 0.25) is 10.0 Å². The zero-order valence-electron chi connectivity index (χ0n) is 19.4. The number of hydrazine groups is 2. The summed E-state index contributed by atoms with van der Waals surface area (Å²) in [7, 11) is 0. The van der Waals surface area contributed by atoms with Gasteiger partial charge in [0.15, 0.2) is 0 Å². The number of rotatable bonds is 9. The highest BCUT2D eigenvalue weighted by Gasteiger charge is 2.27. The highest BCUT2D eigenvalue weighted by Crippen LogP contribution is 2.29. The summed E-state index contributed by atoms with van der Waals surface area (Å²) in [5.41, 5.74) is 10.6. The number of carbonyl (C=O) groups excluding carboxylic acids is 2. The lowest BCUT2D eigenvalue weighted by Crippen LogP contribution is -2.35. The van der Waals surface area contributed by atoms with E-state index in [4.69, 9.17) is 23.2 Å². The highest BCUT2D eigenvalue weighted by molar-refractivity contribution is 6.36. The van der Waals surface area contributed by atoms with Crippen LogP contribution in [0.5, 0.6) is 0 Å². The van der Waals surface area contributed by atoms with Crippen LogP contribution in [0.25, 0.3) is 0 Å². The molecule has 0 aliphatic heterocycles. The van der Waals surface area contributed by atoms with Gasteiger partial charge in [0.25, 0.3) is 5.91 Å². The molecule has 4 N–H and O–H groups in total. The third-order valence-electron chi connectivity index (χ3n) is 5.31. The van der Waals surface area contributed by atoms with Gasteiger partial charge in [-0.15, -0.1) is 0 Å². The lowest BCUT2D eigenvalue weighted by atomic mass is 9.91. The van der Waals surface area contributed by atoms with Crippen molar-refractivity contribution in [3.8, 4) is 0 Å². The van der Waals surface area contributed by atoms with E-state index in [-0.39, 0.29) is 22.2 Å². The average molecular weight is 552 g/mol. The molecule has 0 atom stereocenters. The molecule has 0 aliphatic carbocycles. The summed E-state index contributed by atoms with van der Waals surface area (Å²) in [6.45, 7) is 0. The molecule has 0 aliphatic rings. The summed E-state index contributed by atoms with van der Waals surface area (Å²) < 4.78 is 0. The molecule has 0 unspecified atom stereocenters. The van der Waals surface area contributed by atoms with Gasteiger partial charge in [0.05, 0.1) is 21.4 Å². The molecule has 0 saturated heterocycles. The second-order valence-electron chi connectivity index (χ2n) is 7.75. The van der Waals surface area contributed by atoms with Crippen LogP contribution in [0.3, 0.4) is 0 Å². The Labute approximate surface area is 226 Å². The predicted octanol–water partition coefficient (Wildman–Crippen LogP) is 4.72. The topological polar surface area (TPSA) is 151 Å². The quantitative estimate of drug-likeness (QED) is 0.172. The number of amides is 2. The molecule has 0 spiro atoms. The van der Waals surface area contributed by atoms with E-state index in [0.29, 0.717) is 5.02 Å². The van der Waals surface area contributed by atoms with Gasteiger partial charge in [-0.05, 0) is 29.3 Å². The summed E-state index contributed by atoms with van der Waals surface area (Å²) in [6.07, 6.45) is 1.02. The van der Waals surface area contributed by atoms with Crippen LogP contribution in [0.4, 0.5) is 17.3 Å². The Morgan fingerprint density at radius 2 is 1.37 bits per heavy atom. The zero-order valence-corrected chi connectivity index (χ0v) is 20.9. The minimum Gasteiger partial charge on any atom is -0.276 e. The highest BCUT2D eigenvalue weighted by atomic mass is 35.5. The van der Waals surface area contributed by atoms with Gasteiger partial charge in [-0.2, -0.15) is 0 Å². The summed E-state index contributed by atoms with van der Waals surface area (Å²) >= 11 is 11.9. The van der Waals surface area contributed by atoms with Crippen LogP contribution in [-0.4, -0.2) is 26.7 Å². The molecule has 0 saturated carbocycles. The molecule has 13 heteroatoms.